The van der Waals surface area contributed by atoms with Crippen LogP contribution < -0.4 is 16.4 Å². The van der Waals surface area contributed by atoms with Crippen LogP contribution in [0.2, 0.25) is 0 Å². The minimum Gasteiger partial charge on any atom is -0.460 e. The van der Waals surface area contributed by atoms with Crippen molar-refractivity contribution in [1.82, 2.24) is 15.5 Å². The molecule has 9 nitrogen and oxygen atoms in total. The molecule has 1 rings (SSSR count). The Hall–Kier alpha value is -2.00. The van der Waals surface area contributed by atoms with E-state index in [0.29, 0.717) is 19.6 Å². The monoisotopic (exact) mass is 374 g/mol. The Morgan fingerprint density at radius 2 is 1.85 bits per heavy atom. The predicted octanol–water partition coefficient (Wildman–Crippen LogP) is -0.562. The van der Waals surface area contributed by atoms with Crippen LogP contribution in [0.5, 0.6) is 0 Å². The Bertz CT molecular complexity index is 423. The minimum absolute atomic E-state index is 0.262. The van der Waals surface area contributed by atoms with Crippen LogP contribution in [-0.2, 0) is 23.9 Å². The zero-order chi connectivity index (χ0) is 20.4. The summed E-state index contributed by atoms with van der Waals surface area (Å²) in [6.07, 6.45) is 2.10. The Kier molecular flexibility index (Phi) is 18.0. The summed E-state index contributed by atoms with van der Waals surface area (Å²) in [6.45, 7) is 11.9. The fraction of sp³-hybridized carbons (Fsp3) is 0.765. The number of carbonyl (C=O) groups excluding carboxylic acids is 4. The molecule has 0 unspecified atom stereocenters. The van der Waals surface area contributed by atoms with Gasteiger partial charge < -0.3 is 26.0 Å². The van der Waals surface area contributed by atoms with Crippen LogP contribution in [0.4, 0.5) is 0 Å². The van der Waals surface area contributed by atoms with Crippen molar-refractivity contribution in [2.24, 2.45) is 5.73 Å². The van der Waals surface area contributed by atoms with Crippen molar-refractivity contribution >= 4 is 23.6 Å². The number of rotatable bonds is 8. The van der Waals surface area contributed by atoms with Gasteiger partial charge >= 0.3 is 17.8 Å². The van der Waals surface area contributed by atoms with Crippen LogP contribution in [0.3, 0.4) is 0 Å². The smallest absolute Gasteiger partial charge is 0.374 e. The fourth-order valence-electron chi connectivity index (χ4n) is 1.74. The molecule has 0 aliphatic carbocycles. The highest BCUT2D eigenvalue weighted by molar-refractivity contribution is 6.35. The lowest BCUT2D eigenvalue weighted by Gasteiger charge is -2.25. The third-order valence-corrected chi connectivity index (χ3v) is 2.95. The topological polar surface area (TPSA) is 131 Å². The molecule has 0 aromatic carbocycles. The number of nitrogens with one attached hydrogen (secondary N) is 2. The minimum atomic E-state index is -0.757. The molecule has 152 valence electrons. The molecule has 0 saturated carbocycles. The van der Waals surface area contributed by atoms with E-state index in [-0.39, 0.29) is 6.61 Å². The van der Waals surface area contributed by atoms with Gasteiger partial charge in [-0.1, -0.05) is 13.8 Å². The van der Waals surface area contributed by atoms with Gasteiger partial charge in [0, 0.05) is 39.6 Å². The number of piperazine rings is 1. The highest BCUT2D eigenvalue weighted by Crippen LogP contribution is 1.96. The summed E-state index contributed by atoms with van der Waals surface area (Å²) in [6, 6.07) is 0. The van der Waals surface area contributed by atoms with Crippen molar-refractivity contribution in [2.75, 3.05) is 45.9 Å². The molecule has 26 heavy (non-hydrogen) atoms. The van der Waals surface area contributed by atoms with E-state index in [1.54, 1.807) is 11.8 Å². The standard InChI is InChI=1S/C7H12N2O2.C5H14N2.C5H8O3/c1-2-4-9-5-3-8-6(10)7(9)11;1-2-4-7-5-3-6;1-3-8-5(7)4(2)6/h2-5H2,1H3,(H,8,10);7H,2-6H2,1H3;3H2,1-2H3. The molecule has 0 aromatic rings. The second-order valence-electron chi connectivity index (χ2n) is 5.36. The number of ketones is 1. The molecular formula is C17H34N4O5. The van der Waals surface area contributed by atoms with Crippen LogP contribution in [-0.4, -0.2) is 74.3 Å². The number of ether oxygens (including phenoxy) is 1. The summed E-state index contributed by atoms with van der Waals surface area (Å²) in [5.74, 6) is -2.16. The number of nitrogens with two attached hydrogens (primary N) is 1. The molecule has 1 saturated heterocycles. The first-order valence-electron chi connectivity index (χ1n) is 9.01. The zero-order valence-electron chi connectivity index (χ0n) is 16.4. The first kappa shape index (κ1) is 26.2. The summed E-state index contributed by atoms with van der Waals surface area (Å²) in [7, 11) is 0. The van der Waals surface area contributed by atoms with Gasteiger partial charge in [0.1, 0.15) is 0 Å². The third kappa shape index (κ3) is 14.4. The summed E-state index contributed by atoms with van der Waals surface area (Å²) in [5, 5.41) is 5.65. The highest BCUT2D eigenvalue weighted by Gasteiger charge is 2.24. The molecule has 2 amide bonds. The van der Waals surface area contributed by atoms with E-state index in [2.05, 4.69) is 22.3 Å². The van der Waals surface area contributed by atoms with E-state index in [9.17, 15) is 19.2 Å². The average Bonchev–Trinajstić information content (AvgIpc) is 2.61. The van der Waals surface area contributed by atoms with Gasteiger partial charge in [-0.2, -0.15) is 0 Å². The second-order valence-corrected chi connectivity index (χ2v) is 5.36. The Morgan fingerprint density at radius 1 is 1.19 bits per heavy atom. The summed E-state index contributed by atoms with van der Waals surface area (Å²) < 4.78 is 4.31. The Morgan fingerprint density at radius 3 is 2.27 bits per heavy atom. The lowest BCUT2D eigenvalue weighted by molar-refractivity contribution is -0.152. The molecule has 0 aromatic heterocycles. The maximum absolute atomic E-state index is 11.0. The summed E-state index contributed by atoms with van der Waals surface area (Å²) in [5.41, 5.74) is 5.21. The Balaban J connectivity index is 0. The van der Waals surface area contributed by atoms with Crippen LogP contribution in [0.25, 0.3) is 0 Å². The zero-order valence-corrected chi connectivity index (χ0v) is 16.4. The van der Waals surface area contributed by atoms with Crippen molar-refractivity contribution < 1.29 is 23.9 Å². The molecule has 9 heteroatoms. The van der Waals surface area contributed by atoms with Crippen molar-refractivity contribution in [3.63, 3.8) is 0 Å². The molecular weight excluding hydrogens is 340 g/mol. The van der Waals surface area contributed by atoms with E-state index >= 15 is 0 Å². The number of carbonyl (C=O) groups is 4. The number of esters is 1. The normalized spacial score (nSPS) is 12.9. The van der Waals surface area contributed by atoms with Gasteiger partial charge in [0.15, 0.2) is 0 Å². The fourth-order valence-corrected chi connectivity index (χ4v) is 1.74. The number of nitrogens with zero attached hydrogens (tertiary/aromatic N) is 1. The number of amides is 2. The summed E-state index contributed by atoms with van der Waals surface area (Å²) >= 11 is 0. The maximum Gasteiger partial charge on any atom is 0.374 e. The van der Waals surface area contributed by atoms with Crippen LogP contribution >= 0.6 is 0 Å². The van der Waals surface area contributed by atoms with Gasteiger partial charge in [0.25, 0.3) is 0 Å². The number of Topliss-reactive ketones (excluding diaryl/α,β-unsaturated/α-hetero) is 1. The van der Waals surface area contributed by atoms with Gasteiger partial charge in [0.2, 0.25) is 5.78 Å². The second kappa shape index (κ2) is 17.8. The third-order valence-electron chi connectivity index (χ3n) is 2.95. The van der Waals surface area contributed by atoms with E-state index in [0.717, 1.165) is 26.1 Å². The van der Waals surface area contributed by atoms with E-state index in [1.807, 2.05) is 6.92 Å². The van der Waals surface area contributed by atoms with Gasteiger partial charge in [0.05, 0.1) is 6.61 Å². The maximum atomic E-state index is 11.0. The van der Waals surface area contributed by atoms with Crippen LogP contribution in [0, 0.1) is 0 Å². The van der Waals surface area contributed by atoms with Crippen LogP contribution in [0.1, 0.15) is 40.5 Å². The van der Waals surface area contributed by atoms with Gasteiger partial charge in [-0.3, -0.25) is 14.4 Å². The van der Waals surface area contributed by atoms with E-state index < -0.39 is 23.6 Å². The number of hydrogen-bond donors (Lipinski definition) is 3. The van der Waals surface area contributed by atoms with Crippen molar-refractivity contribution in [1.29, 1.82) is 0 Å². The van der Waals surface area contributed by atoms with Crippen molar-refractivity contribution in [3.8, 4) is 0 Å². The molecule has 0 bridgehead atoms. The molecule has 1 fully saturated rings. The van der Waals surface area contributed by atoms with Crippen molar-refractivity contribution in [2.45, 2.75) is 40.5 Å². The predicted molar refractivity (Wildman–Crippen MR) is 99.4 cm³/mol. The summed E-state index contributed by atoms with van der Waals surface area (Å²) in [4.78, 5) is 43.6. The van der Waals surface area contributed by atoms with E-state index in [1.165, 1.54) is 13.3 Å². The molecule has 0 atom stereocenters. The Labute approximate surface area is 156 Å². The van der Waals surface area contributed by atoms with Crippen molar-refractivity contribution in [3.05, 3.63) is 0 Å². The first-order chi connectivity index (χ1) is 12.3. The molecule has 1 aliphatic heterocycles. The molecule has 0 spiro atoms. The number of hydrogen-bond acceptors (Lipinski definition) is 7. The van der Waals surface area contributed by atoms with Gasteiger partial charge in [-0.05, 0) is 26.3 Å². The molecule has 1 aliphatic rings. The van der Waals surface area contributed by atoms with Gasteiger partial charge in [-0.25, -0.2) is 4.79 Å². The average molecular weight is 374 g/mol. The molecule has 4 N–H and O–H groups in total. The lowest BCUT2D eigenvalue weighted by Crippen LogP contribution is -2.52. The highest BCUT2D eigenvalue weighted by atomic mass is 16.5. The molecule has 0 radical (unpaired) electrons. The SMILES string of the molecule is CCCN1CCNC(=O)C1=O.CCCNCCN.CCOC(=O)C(C)=O. The largest absolute Gasteiger partial charge is 0.460 e. The van der Waals surface area contributed by atoms with Crippen LogP contribution in [0.15, 0.2) is 0 Å². The first-order valence-corrected chi connectivity index (χ1v) is 9.01. The van der Waals surface area contributed by atoms with Gasteiger partial charge in [-0.15, -0.1) is 0 Å². The molecule has 1 heterocycles. The van der Waals surface area contributed by atoms with E-state index in [4.69, 9.17) is 5.73 Å². The lowest BCUT2D eigenvalue weighted by atomic mass is 10.3. The quantitative estimate of drug-likeness (QED) is 0.295.